The van der Waals surface area contributed by atoms with Gasteiger partial charge in [0, 0.05) is 11.4 Å². The van der Waals surface area contributed by atoms with E-state index in [9.17, 15) is 15.0 Å². The van der Waals surface area contributed by atoms with Crippen molar-refractivity contribution in [2.75, 3.05) is 11.9 Å². The number of imidazole rings is 1. The maximum Gasteiger partial charge on any atom is 0.225 e. The van der Waals surface area contributed by atoms with Crippen molar-refractivity contribution in [1.29, 1.82) is 0 Å². The normalized spacial score (nSPS) is 21.2. The van der Waals surface area contributed by atoms with Gasteiger partial charge in [-0.25, -0.2) is 15.0 Å². The van der Waals surface area contributed by atoms with Gasteiger partial charge in [0.2, 0.25) is 5.91 Å². The molecule has 4 heterocycles. The third kappa shape index (κ3) is 4.72. The summed E-state index contributed by atoms with van der Waals surface area (Å²) >= 11 is 1.49. The number of anilines is 1. The molecule has 0 unspecified atom stereocenters. The molecule has 1 saturated heterocycles. The van der Waals surface area contributed by atoms with Crippen molar-refractivity contribution in [1.82, 2.24) is 24.8 Å². The lowest BCUT2D eigenvalue weighted by atomic mass is 10.1. The van der Waals surface area contributed by atoms with Crippen LogP contribution in [0, 0.1) is 0 Å². The van der Waals surface area contributed by atoms with Crippen molar-refractivity contribution in [2.24, 2.45) is 0 Å². The number of aliphatic hydroxyl groups is 2. The second-order valence-corrected chi connectivity index (χ2v) is 10.2. The van der Waals surface area contributed by atoms with Crippen LogP contribution in [-0.2, 0) is 22.5 Å². The van der Waals surface area contributed by atoms with Gasteiger partial charge in [-0.05, 0) is 33.8 Å². The largest absolute Gasteiger partial charge is 0.394 e. The fraction of sp³-hybridized carbons (Fsp3) is 0.259. The molecule has 194 valence electrons. The molecule has 1 aliphatic heterocycles. The molecule has 10 nitrogen and oxygen atoms in total. The molecular formula is C27H26N6O4S. The van der Waals surface area contributed by atoms with E-state index in [1.54, 1.807) is 10.9 Å². The highest BCUT2D eigenvalue weighted by molar-refractivity contribution is 7.10. The zero-order valence-electron chi connectivity index (χ0n) is 20.3. The number of carbonyl (C=O) groups is 1. The standard InChI is InChI=1S/C27H26N6O4S/c34-13-20-24(36)22(32-21(35)11-19-6-3-9-38-19)27(37-20)33-15-31-23-25(29-14-30-26(23)33)28-12-16-7-8-17-4-1-2-5-18(17)10-16/h1-10,14-15,20,22,24,27,34,36H,11-13H2,(H,32,35)(H,28,29,30)/t20-,22-,24-,27-/m1/s1. The van der Waals surface area contributed by atoms with Crippen LogP contribution in [0.2, 0.25) is 0 Å². The molecule has 1 amide bonds. The quantitative estimate of drug-likeness (QED) is 0.241. The number of fused-ring (bicyclic) bond motifs is 2. The number of aromatic nitrogens is 4. The van der Waals surface area contributed by atoms with Crippen LogP contribution in [0.4, 0.5) is 5.82 Å². The van der Waals surface area contributed by atoms with Crippen molar-refractivity contribution >= 4 is 45.0 Å². The van der Waals surface area contributed by atoms with E-state index in [4.69, 9.17) is 4.74 Å². The minimum absolute atomic E-state index is 0.188. The predicted molar refractivity (Wildman–Crippen MR) is 144 cm³/mol. The molecule has 0 spiro atoms. The number of aliphatic hydroxyl groups excluding tert-OH is 2. The second kappa shape index (κ2) is 10.5. The van der Waals surface area contributed by atoms with Crippen LogP contribution in [0.15, 0.2) is 72.6 Å². The molecule has 3 aromatic heterocycles. The maximum absolute atomic E-state index is 12.7. The number of hydrogen-bond acceptors (Lipinski definition) is 9. The van der Waals surface area contributed by atoms with Crippen LogP contribution in [0.5, 0.6) is 0 Å². The molecule has 5 aromatic rings. The van der Waals surface area contributed by atoms with Crippen LogP contribution < -0.4 is 10.6 Å². The SMILES string of the molecule is O=C(Cc1cccs1)N[C@@H]1[C@H](O)[C@@H](CO)O[C@H]1n1cnc2c(NCc3ccc4ccccc4c3)ncnc21. The van der Waals surface area contributed by atoms with Gasteiger partial charge in [-0.2, -0.15) is 0 Å². The number of hydrogen-bond donors (Lipinski definition) is 4. The highest BCUT2D eigenvalue weighted by Crippen LogP contribution is 2.32. The van der Waals surface area contributed by atoms with E-state index < -0.39 is 31.1 Å². The predicted octanol–water partition coefficient (Wildman–Crippen LogP) is 2.63. The first-order valence-corrected chi connectivity index (χ1v) is 13.1. The summed E-state index contributed by atoms with van der Waals surface area (Å²) in [5.74, 6) is 0.304. The van der Waals surface area contributed by atoms with Crippen molar-refractivity contribution in [3.8, 4) is 0 Å². The summed E-state index contributed by atoms with van der Waals surface area (Å²) in [5, 5.41) is 31.1. The van der Waals surface area contributed by atoms with Crippen molar-refractivity contribution in [3.63, 3.8) is 0 Å². The van der Waals surface area contributed by atoms with E-state index in [2.05, 4.69) is 55.9 Å². The maximum atomic E-state index is 12.7. The molecular weight excluding hydrogens is 504 g/mol. The van der Waals surface area contributed by atoms with E-state index in [1.165, 1.54) is 23.1 Å². The Balaban J connectivity index is 1.24. The molecule has 4 N–H and O–H groups in total. The molecule has 0 saturated carbocycles. The molecule has 2 aromatic carbocycles. The Morgan fingerprint density at radius 2 is 1.95 bits per heavy atom. The monoisotopic (exact) mass is 530 g/mol. The summed E-state index contributed by atoms with van der Waals surface area (Å²) in [4.78, 5) is 27.0. The van der Waals surface area contributed by atoms with Gasteiger partial charge in [0.15, 0.2) is 23.2 Å². The van der Waals surface area contributed by atoms with Gasteiger partial charge in [0.1, 0.15) is 24.6 Å². The van der Waals surface area contributed by atoms with Crippen LogP contribution in [0.25, 0.3) is 21.9 Å². The molecule has 1 fully saturated rings. The Morgan fingerprint density at radius 1 is 1.08 bits per heavy atom. The number of ether oxygens (including phenoxy) is 1. The van der Waals surface area contributed by atoms with E-state index >= 15 is 0 Å². The Morgan fingerprint density at radius 3 is 2.76 bits per heavy atom. The van der Waals surface area contributed by atoms with E-state index in [-0.39, 0.29) is 12.3 Å². The third-order valence-electron chi connectivity index (χ3n) is 6.70. The van der Waals surface area contributed by atoms with Crippen molar-refractivity contribution in [3.05, 3.63) is 83.1 Å². The fourth-order valence-electron chi connectivity index (χ4n) is 4.80. The first-order chi connectivity index (χ1) is 18.6. The van der Waals surface area contributed by atoms with Gasteiger partial charge < -0.3 is 25.6 Å². The third-order valence-corrected chi connectivity index (χ3v) is 7.58. The van der Waals surface area contributed by atoms with Gasteiger partial charge in [-0.1, -0.05) is 42.5 Å². The van der Waals surface area contributed by atoms with Crippen LogP contribution in [0.1, 0.15) is 16.7 Å². The smallest absolute Gasteiger partial charge is 0.225 e. The summed E-state index contributed by atoms with van der Waals surface area (Å²) in [6.45, 7) is 0.144. The summed E-state index contributed by atoms with van der Waals surface area (Å²) < 4.78 is 7.62. The summed E-state index contributed by atoms with van der Waals surface area (Å²) in [5.41, 5.74) is 2.10. The van der Waals surface area contributed by atoms with Crippen LogP contribution in [0.3, 0.4) is 0 Å². The lowest BCUT2D eigenvalue weighted by Crippen LogP contribution is -2.47. The molecule has 0 aliphatic carbocycles. The fourth-order valence-corrected chi connectivity index (χ4v) is 5.50. The Kier molecular flexibility index (Phi) is 6.73. The zero-order chi connectivity index (χ0) is 26.1. The molecule has 1 aliphatic rings. The van der Waals surface area contributed by atoms with Crippen molar-refractivity contribution in [2.45, 2.75) is 37.4 Å². The van der Waals surface area contributed by atoms with Gasteiger partial charge in [-0.3, -0.25) is 9.36 Å². The number of benzene rings is 2. The summed E-state index contributed by atoms with van der Waals surface area (Å²) in [6, 6.07) is 17.4. The molecule has 4 atom stereocenters. The Labute approximate surface area is 222 Å². The van der Waals surface area contributed by atoms with E-state index in [0.29, 0.717) is 23.5 Å². The minimum Gasteiger partial charge on any atom is -0.394 e. The first kappa shape index (κ1) is 24.4. The summed E-state index contributed by atoms with van der Waals surface area (Å²) in [7, 11) is 0. The van der Waals surface area contributed by atoms with Gasteiger partial charge in [0.05, 0.1) is 19.4 Å². The number of carbonyl (C=O) groups excluding carboxylic acids is 1. The number of thiophene rings is 1. The topological polar surface area (TPSA) is 134 Å². The zero-order valence-corrected chi connectivity index (χ0v) is 21.1. The lowest BCUT2D eigenvalue weighted by molar-refractivity contribution is -0.122. The first-order valence-electron chi connectivity index (χ1n) is 12.3. The number of rotatable bonds is 8. The average Bonchev–Trinajstić information content (AvgIpc) is 3.67. The number of amides is 1. The average molecular weight is 531 g/mol. The number of nitrogens with one attached hydrogen (secondary N) is 2. The lowest BCUT2D eigenvalue weighted by Gasteiger charge is -2.22. The van der Waals surface area contributed by atoms with Crippen LogP contribution in [-0.4, -0.2) is 60.5 Å². The van der Waals surface area contributed by atoms with Gasteiger partial charge in [-0.15, -0.1) is 11.3 Å². The molecule has 0 radical (unpaired) electrons. The van der Waals surface area contributed by atoms with E-state index in [0.717, 1.165) is 15.8 Å². The second-order valence-electron chi connectivity index (χ2n) is 9.17. The van der Waals surface area contributed by atoms with Gasteiger partial charge in [0.25, 0.3) is 0 Å². The Hall–Kier alpha value is -3.90. The highest BCUT2D eigenvalue weighted by atomic mass is 32.1. The van der Waals surface area contributed by atoms with Crippen molar-refractivity contribution < 1.29 is 19.7 Å². The van der Waals surface area contributed by atoms with Gasteiger partial charge >= 0.3 is 0 Å². The van der Waals surface area contributed by atoms with E-state index in [1.807, 2.05) is 29.6 Å². The molecule has 11 heteroatoms. The molecule has 0 bridgehead atoms. The Bertz CT molecular complexity index is 1570. The summed E-state index contributed by atoms with van der Waals surface area (Å²) in [6.07, 6.45) is 0.382. The minimum atomic E-state index is -1.11. The highest BCUT2D eigenvalue weighted by Gasteiger charge is 2.45. The van der Waals surface area contributed by atoms with Crippen LogP contribution >= 0.6 is 11.3 Å². The molecule has 38 heavy (non-hydrogen) atoms. The number of nitrogens with zero attached hydrogens (tertiary/aromatic N) is 4. The molecule has 6 rings (SSSR count).